The molecule has 3 heterocycles. The van der Waals surface area contributed by atoms with E-state index in [4.69, 9.17) is 19.4 Å². The van der Waals surface area contributed by atoms with Gasteiger partial charge in [0.1, 0.15) is 11.2 Å². The third-order valence-electron chi connectivity index (χ3n) is 11.8. The van der Waals surface area contributed by atoms with Gasteiger partial charge in [-0.2, -0.15) is 0 Å². The summed E-state index contributed by atoms with van der Waals surface area (Å²) in [5.41, 5.74) is 14.3. The number of aromatic nitrogens is 4. The minimum absolute atomic E-state index is 0.569. The van der Waals surface area contributed by atoms with Crippen molar-refractivity contribution in [2.24, 2.45) is 0 Å². The number of furan rings is 1. The number of fused-ring (bicyclic) bond motifs is 6. The normalized spacial score (nSPS) is 11.5. The number of nitrogens with zero attached hydrogens (tertiary/aromatic N) is 4. The van der Waals surface area contributed by atoms with Crippen LogP contribution in [-0.4, -0.2) is 19.5 Å². The Morgan fingerprint density at radius 1 is 0.306 bits per heavy atom. The van der Waals surface area contributed by atoms with Crippen molar-refractivity contribution in [2.45, 2.75) is 0 Å². The van der Waals surface area contributed by atoms with Crippen LogP contribution in [0.4, 0.5) is 0 Å². The zero-order valence-electron chi connectivity index (χ0n) is 33.5. The molecule has 0 N–H and O–H groups in total. The number of benzene rings is 9. The van der Waals surface area contributed by atoms with E-state index in [2.05, 4.69) is 180 Å². The molecular formula is C57H36N4O. The highest BCUT2D eigenvalue weighted by atomic mass is 16.3. The predicted octanol–water partition coefficient (Wildman–Crippen LogP) is 14.9. The van der Waals surface area contributed by atoms with E-state index in [1.807, 2.05) is 42.5 Å². The van der Waals surface area contributed by atoms with Crippen molar-refractivity contribution in [3.05, 3.63) is 218 Å². The molecule has 62 heavy (non-hydrogen) atoms. The van der Waals surface area contributed by atoms with Gasteiger partial charge in [0.15, 0.2) is 17.5 Å². The van der Waals surface area contributed by atoms with Crippen LogP contribution in [0.15, 0.2) is 223 Å². The predicted molar refractivity (Wildman–Crippen MR) is 254 cm³/mol. The van der Waals surface area contributed by atoms with Crippen molar-refractivity contribution in [2.75, 3.05) is 0 Å². The van der Waals surface area contributed by atoms with E-state index < -0.39 is 0 Å². The second-order valence-electron chi connectivity index (χ2n) is 15.6. The van der Waals surface area contributed by atoms with Gasteiger partial charge in [0.05, 0.1) is 16.7 Å². The molecule has 0 aliphatic carbocycles. The van der Waals surface area contributed by atoms with Gasteiger partial charge < -0.3 is 8.98 Å². The quantitative estimate of drug-likeness (QED) is 0.161. The Balaban J connectivity index is 1.02. The smallest absolute Gasteiger partial charge is 0.164 e. The van der Waals surface area contributed by atoms with Crippen LogP contribution in [0, 0.1) is 0 Å². The number of hydrogen-bond acceptors (Lipinski definition) is 4. The highest BCUT2D eigenvalue weighted by Gasteiger charge is 2.20. The molecule has 0 radical (unpaired) electrons. The molecule has 0 saturated heterocycles. The summed E-state index contributed by atoms with van der Waals surface area (Å²) < 4.78 is 9.12. The summed E-state index contributed by atoms with van der Waals surface area (Å²) >= 11 is 0. The molecule has 0 aliphatic rings. The van der Waals surface area contributed by atoms with E-state index in [-0.39, 0.29) is 0 Å². The lowest BCUT2D eigenvalue weighted by molar-refractivity contribution is 0.669. The average molecular weight is 793 g/mol. The first-order chi connectivity index (χ1) is 30.7. The molecule has 0 bridgehead atoms. The van der Waals surface area contributed by atoms with E-state index in [1.54, 1.807) is 0 Å². The maximum absolute atomic E-state index is 6.73. The van der Waals surface area contributed by atoms with Gasteiger partial charge in [0, 0.05) is 43.8 Å². The van der Waals surface area contributed by atoms with Gasteiger partial charge in [0.25, 0.3) is 0 Å². The van der Waals surface area contributed by atoms with E-state index in [0.717, 1.165) is 77.7 Å². The monoisotopic (exact) mass is 792 g/mol. The molecule has 0 unspecified atom stereocenters. The van der Waals surface area contributed by atoms with Gasteiger partial charge in [-0.1, -0.05) is 164 Å². The molecule has 0 atom stereocenters. The molecule has 0 fully saturated rings. The van der Waals surface area contributed by atoms with Crippen molar-refractivity contribution < 1.29 is 4.42 Å². The highest BCUT2D eigenvalue weighted by Crippen LogP contribution is 2.42. The first-order valence-electron chi connectivity index (χ1n) is 20.8. The van der Waals surface area contributed by atoms with Crippen LogP contribution in [0.25, 0.3) is 117 Å². The SMILES string of the molecule is c1ccc(-c2cc(-c3ccccc3)cc(-c3nc(-c4ccccc4)nc(-c4ccc5c(c4)oc4cccc(-c6ccccc6-n6c7ccccc7c7ccccc76)c45)n3)c2)cc1. The van der Waals surface area contributed by atoms with Crippen LogP contribution in [0.5, 0.6) is 0 Å². The van der Waals surface area contributed by atoms with Gasteiger partial charge >= 0.3 is 0 Å². The van der Waals surface area contributed by atoms with Crippen LogP contribution in [-0.2, 0) is 0 Å². The minimum atomic E-state index is 0.569. The van der Waals surface area contributed by atoms with E-state index in [0.29, 0.717) is 17.5 Å². The first-order valence-corrected chi connectivity index (χ1v) is 20.8. The lowest BCUT2D eigenvalue weighted by atomic mass is 9.96. The number of para-hydroxylation sites is 3. The van der Waals surface area contributed by atoms with Gasteiger partial charge in [-0.3, -0.25) is 0 Å². The third-order valence-corrected chi connectivity index (χ3v) is 11.8. The minimum Gasteiger partial charge on any atom is -0.456 e. The van der Waals surface area contributed by atoms with Gasteiger partial charge in [-0.05, 0) is 82.4 Å². The van der Waals surface area contributed by atoms with Crippen LogP contribution in [0.2, 0.25) is 0 Å². The first kappa shape index (κ1) is 35.5. The van der Waals surface area contributed by atoms with Crippen LogP contribution in [0.3, 0.4) is 0 Å². The van der Waals surface area contributed by atoms with Crippen molar-refractivity contribution in [3.63, 3.8) is 0 Å². The molecule has 5 heteroatoms. The van der Waals surface area contributed by atoms with Crippen LogP contribution >= 0.6 is 0 Å². The second kappa shape index (κ2) is 14.7. The molecule has 3 aromatic heterocycles. The molecule has 0 amide bonds. The summed E-state index contributed by atoms with van der Waals surface area (Å²) in [4.78, 5) is 15.5. The van der Waals surface area contributed by atoms with E-state index >= 15 is 0 Å². The zero-order valence-corrected chi connectivity index (χ0v) is 33.5. The molecule has 12 aromatic rings. The summed E-state index contributed by atoms with van der Waals surface area (Å²) in [5, 5.41) is 4.55. The Kier molecular flexibility index (Phi) is 8.42. The highest BCUT2D eigenvalue weighted by molar-refractivity contribution is 6.15. The fraction of sp³-hybridized carbons (Fsp3) is 0. The summed E-state index contributed by atoms with van der Waals surface area (Å²) in [5.74, 6) is 1.77. The van der Waals surface area contributed by atoms with Gasteiger partial charge in [0.2, 0.25) is 0 Å². The largest absolute Gasteiger partial charge is 0.456 e. The van der Waals surface area contributed by atoms with Crippen molar-refractivity contribution in [3.8, 4) is 73.2 Å². The van der Waals surface area contributed by atoms with Gasteiger partial charge in [-0.15, -0.1) is 0 Å². The Labute approximate surface area is 357 Å². The maximum Gasteiger partial charge on any atom is 0.164 e. The van der Waals surface area contributed by atoms with Crippen LogP contribution in [0.1, 0.15) is 0 Å². The zero-order chi connectivity index (χ0) is 41.0. The Morgan fingerprint density at radius 2 is 0.806 bits per heavy atom. The van der Waals surface area contributed by atoms with Crippen molar-refractivity contribution >= 4 is 43.7 Å². The summed E-state index contributed by atoms with van der Waals surface area (Å²) in [6, 6.07) is 76.3. The third kappa shape index (κ3) is 6.06. The fourth-order valence-corrected chi connectivity index (χ4v) is 8.97. The second-order valence-corrected chi connectivity index (χ2v) is 15.6. The summed E-state index contributed by atoms with van der Waals surface area (Å²) in [6.07, 6.45) is 0. The average Bonchev–Trinajstić information content (AvgIpc) is 3.90. The van der Waals surface area contributed by atoms with E-state index in [9.17, 15) is 0 Å². The molecule has 12 rings (SSSR count). The molecule has 0 aliphatic heterocycles. The molecule has 5 nitrogen and oxygen atoms in total. The standard InChI is InChI=1S/C57H36N4O/c1-4-17-37(18-5-1)41-33-42(38-19-6-2-7-20-38)35-43(34-41)57-59-55(39-21-8-3-9-22-39)58-56(60-57)40-31-32-48-53(36-40)62-52-30-16-26-47(54(48)52)46-25-12-15-29-51(46)61-49-27-13-10-23-44(49)45-24-11-14-28-50(45)61/h1-36H. The van der Waals surface area contributed by atoms with Crippen molar-refractivity contribution in [1.82, 2.24) is 19.5 Å². The Morgan fingerprint density at radius 3 is 1.45 bits per heavy atom. The van der Waals surface area contributed by atoms with Gasteiger partial charge in [-0.25, -0.2) is 15.0 Å². The topological polar surface area (TPSA) is 56.7 Å². The molecule has 0 saturated carbocycles. The molecule has 9 aromatic carbocycles. The summed E-state index contributed by atoms with van der Waals surface area (Å²) in [6.45, 7) is 0. The summed E-state index contributed by atoms with van der Waals surface area (Å²) in [7, 11) is 0. The van der Waals surface area contributed by atoms with Crippen molar-refractivity contribution in [1.29, 1.82) is 0 Å². The number of rotatable bonds is 7. The molecular weight excluding hydrogens is 757 g/mol. The Bertz CT molecular complexity index is 3520. The molecule has 290 valence electrons. The van der Waals surface area contributed by atoms with Crippen LogP contribution < -0.4 is 0 Å². The lowest BCUT2D eigenvalue weighted by Gasteiger charge is -2.14. The Hall–Kier alpha value is -8.41. The van der Waals surface area contributed by atoms with E-state index in [1.165, 1.54) is 21.8 Å². The molecule has 0 spiro atoms. The number of hydrogen-bond donors (Lipinski definition) is 0. The lowest BCUT2D eigenvalue weighted by Crippen LogP contribution is -2.00. The fourth-order valence-electron chi connectivity index (χ4n) is 8.97. The maximum atomic E-state index is 6.73.